The molecule has 3 nitrogen and oxygen atoms in total. The smallest absolute Gasteiger partial charge is 0.337 e. The van der Waals surface area contributed by atoms with E-state index < -0.39 is 0 Å². The highest BCUT2D eigenvalue weighted by Crippen LogP contribution is 2.18. The molecule has 0 unspecified atom stereocenters. The Hall–Kier alpha value is -2.34. The molecule has 3 heteroatoms. The zero-order valence-corrected chi connectivity index (χ0v) is 8.73. The van der Waals surface area contributed by atoms with Crippen LogP contribution in [-0.2, 0) is 4.74 Å². The molecule has 0 amide bonds. The van der Waals surface area contributed by atoms with Gasteiger partial charge in [-0.15, -0.1) is 0 Å². The number of rotatable bonds is 1. The number of nitrogens with zero attached hydrogens (tertiary/aromatic N) is 1. The number of nitriles is 1. The normalized spacial score (nSPS) is 9.75. The number of hydrogen-bond donors (Lipinski definition) is 0. The molecule has 0 bridgehead atoms. The number of carbonyl (C=O) groups is 1. The van der Waals surface area contributed by atoms with Crippen molar-refractivity contribution in [3.8, 4) is 6.07 Å². The van der Waals surface area contributed by atoms with Crippen LogP contribution in [-0.4, -0.2) is 13.1 Å². The van der Waals surface area contributed by atoms with E-state index in [0.717, 1.165) is 10.8 Å². The van der Waals surface area contributed by atoms with E-state index in [1.54, 1.807) is 24.3 Å². The minimum absolute atomic E-state index is 0.355. The molecule has 78 valence electrons. The van der Waals surface area contributed by atoms with Crippen LogP contribution in [0.1, 0.15) is 15.9 Å². The first kappa shape index (κ1) is 10.2. The molecule has 0 N–H and O–H groups in total. The largest absolute Gasteiger partial charge is 0.465 e. The Kier molecular flexibility index (Phi) is 2.57. The fourth-order valence-electron chi connectivity index (χ4n) is 1.56. The van der Waals surface area contributed by atoms with Gasteiger partial charge in [-0.2, -0.15) is 5.26 Å². The molecule has 2 aromatic rings. The lowest BCUT2D eigenvalue weighted by Gasteiger charge is -2.02. The SMILES string of the molecule is COC(=O)c1ccc2cc(C#N)ccc2c1. The number of ether oxygens (including phenoxy) is 1. The quantitative estimate of drug-likeness (QED) is 0.681. The summed E-state index contributed by atoms with van der Waals surface area (Å²) in [4.78, 5) is 11.3. The van der Waals surface area contributed by atoms with Crippen LogP contribution < -0.4 is 0 Å². The van der Waals surface area contributed by atoms with Gasteiger partial charge in [0.25, 0.3) is 0 Å². The molecule has 0 aliphatic heterocycles. The summed E-state index contributed by atoms with van der Waals surface area (Å²) in [7, 11) is 1.35. The van der Waals surface area contributed by atoms with Crippen LogP contribution in [0.4, 0.5) is 0 Å². The van der Waals surface area contributed by atoms with Crippen LogP contribution in [0.2, 0.25) is 0 Å². The van der Waals surface area contributed by atoms with Gasteiger partial charge in [-0.25, -0.2) is 4.79 Å². The highest BCUT2D eigenvalue weighted by Gasteiger charge is 2.05. The van der Waals surface area contributed by atoms with Crippen molar-refractivity contribution in [2.24, 2.45) is 0 Å². The monoisotopic (exact) mass is 211 g/mol. The van der Waals surface area contributed by atoms with E-state index >= 15 is 0 Å². The fourth-order valence-corrected chi connectivity index (χ4v) is 1.56. The Labute approximate surface area is 92.9 Å². The van der Waals surface area contributed by atoms with Crippen molar-refractivity contribution >= 4 is 16.7 Å². The van der Waals surface area contributed by atoms with Gasteiger partial charge < -0.3 is 4.74 Å². The van der Waals surface area contributed by atoms with Gasteiger partial charge in [0.1, 0.15) is 0 Å². The van der Waals surface area contributed by atoms with Crippen LogP contribution in [0.3, 0.4) is 0 Å². The minimum Gasteiger partial charge on any atom is -0.465 e. The fraction of sp³-hybridized carbons (Fsp3) is 0.0769. The molecule has 2 rings (SSSR count). The van der Waals surface area contributed by atoms with Crippen molar-refractivity contribution < 1.29 is 9.53 Å². The first-order valence-electron chi connectivity index (χ1n) is 4.77. The number of benzene rings is 2. The second-order valence-corrected chi connectivity index (χ2v) is 3.38. The average molecular weight is 211 g/mol. The van der Waals surface area contributed by atoms with Crippen LogP contribution in [0.25, 0.3) is 10.8 Å². The van der Waals surface area contributed by atoms with E-state index in [0.29, 0.717) is 11.1 Å². The standard InChI is InChI=1S/C13H9NO2/c1-16-13(15)12-5-4-10-6-9(8-14)2-3-11(10)7-12/h2-7H,1H3. The summed E-state index contributed by atoms with van der Waals surface area (Å²) in [6, 6.07) is 12.7. The van der Waals surface area contributed by atoms with Crippen molar-refractivity contribution in [1.82, 2.24) is 0 Å². The van der Waals surface area contributed by atoms with Gasteiger partial charge in [0.15, 0.2) is 0 Å². The van der Waals surface area contributed by atoms with Crippen molar-refractivity contribution in [1.29, 1.82) is 5.26 Å². The summed E-state index contributed by atoms with van der Waals surface area (Å²) in [6.07, 6.45) is 0. The number of fused-ring (bicyclic) bond motifs is 1. The molecule has 0 aliphatic rings. The van der Waals surface area contributed by atoms with Gasteiger partial charge in [-0.3, -0.25) is 0 Å². The predicted octanol–water partition coefficient (Wildman–Crippen LogP) is 2.50. The lowest BCUT2D eigenvalue weighted by molar-refractivity contribution is 0.0601. The van der Waals surface area contributed by atoms with Crippen molar-refractivity contribution in [2.75, 3.05) is 7.11 Å². The molecule has 0 radical (unpaired) electrons. The number of carbonyl (C=O) groups excluding carboxylic acids is 1. The second-order valence-electron chi connectivity index (χ2n) is 3.38. The van der Waals surface area contributed by atoms with Crippen LogP contribution in [0, 0.1) is 11.3 Å². The van der Waals surface area contributed by atoms with E-state index in [9.17, 15) is 4.79 Å². The number of methoxy groups -OCH3 is 1. The average Bonchev–Trinajstić information content (AvgIpc) is 2.36. The van der Waals surface area contributed by atoms with E-state index in [1.807, 2.05) is 12.1 Å². The summed E-state index contributed by atoms with van der Waals surface area (Å²) in [5.41, 5.74) is 1.12. The molecular weight excluding hydrogens is 202 g/mol. The highest BCUT2D eigenvalue weighted by molar-refractivity contribution is 5.95. The topological polar surface area (TPSA) is 50.1 Å². The summed E-state index contributed by atoms with van der Waals surface area (Å²) >= 11 is 0. The summed E-state index contributed by atoms with van der Waals surface area (Å²) in [6.45, 7) is 0. The molecule has 0 saturated heterocycles. The maximum absolute atomic E-state index is 11.3. The Morgan fingerprint density at radius 3 is 2.56 bits per heavy atom. The maximum Gasteiger partial charge on any atom is 0.337 e. The summed E-state index contributed by atoms with van der Waals surface area (Å²) in [5, 5.41) is 10.6. The van der Waals surface area contributed by atoms with E-state index in [1.165, 1.54) is 7.11 Å². The highest BCUT2D eigenvalue weighted by atomic mass is 16.5. The Bertz CT molecular complexity index is 596. The molecule has 0 atom stereocenters. The third-order valence-electron chi connectivity index (χ3n) is 2.39. The first-order valence-corrected chi connectivity index (χ1v) is 4.77. The van der Waals surface area contributed by atoms with Crippen LogP contribution >= 0.6 is 0 Å². The lowest BCUT2D eigenvalue weighted by atomic mass is 10.0. The molecule has 0 fully saturated rings. The molecule has 0 aromatic heterocycles. The molecule has 0 heterocycles. The molecule has 16 heavy (non-hydrogen) atoms. The summed E-state index contributed by atoms with van der Waals surface area (Å²) < 4.78 is 4.64. The van der Waals surface area contributed by atoms with Crippen LogP contribution in [0.5, 0.6) is 0 Å². The van der Waals surface area contributed by atoms with E-state index in [4.69, 9.17) is 5.26 Å². The van der Waals surface area contributed by atoms with Crippen molar-refractivity contribution in [3.63, 3.8) is 0 Å². The zero-order chi connectivity index (χ0) is 11.5. The second kappa shape index (κ2) is 4.03. The van der Waals surface area contributed by atoms with E-state index in [2.05, 4.69) is 10.8 Å². The molecule has 2 aromatic carbocycles. The van der Waals surface area contributed by atoms with Crippen LogP contribution in [0.15, 0.2) is 36.4 Å². The third-order valence-corrected chi connectivity index (χ3v) is 2.39. The van der Waals surface area contributed by atoms with Gasteiger partial charge in [0.05, 0.1) is 24.3 Å². The third kappa shape index (κ3) is 1.73. The molecular formula is C13H9NO2. The Morgan fingerprint density at radius 2 is 1.88 bits per heavy atom. The maximum atomic E-state index is 11.3. The van der Waals surface area contributed by atoms with Gasteiger partial charge in [-0.1, -0.05) is 12.1 Å². The molecule has 0 aliphatic carbocycles. The van der Waals surface area contributed by atoms with Crippen molar-refractivity contribution in [3.05, 3.63) is 47.5 Å². The minimum atomic E-state index is -0.355. The molecule has 0 spiro atoms. The van der Waals surface area contributed by atoms with Gasteiger partial charge in [-0.05, 0) is 35.0 Å². The van der Waals surface area contributed by atoms with Gasteiger partial charge in [0.2, 0.25) is 0 Å². The summed E-state index contributed by atoms with van der Waals surface area (Å²) in [5.74, 6) is -0.355. The Morgan fingerprint density at radius 1 is 1.19 bits per heavy atom. The number of esters is 1. The van der Waals surface area contributed by atoms with E-state index in [-0.39, 0.29) is 5.97 Å². The van der Waals surface area contributed by atoms with Gasteiger partial charge in [0, 0.05) is 0 Å². The van der Waals surface area contributed by atoms with Crippen molar-refractivity contribution in [2.45, 2.75) is 0 Å². The lowest BCUT2D eigenvalue weighted by Crippen LogP contribution is -2.00. The molecule has 0 saturated carbocycles. The number of hydrogen-bond acceptors (Lipinski definition) is 3. The Balaban J connectivity index is 2.57. The van der Waals surface area contributed by atoms with Gasteiger partial charge >= 0.3 is 5.97 Å². The first-order chi connectivity index (χ1) is 7.74. The predicted molar refractivity (Wildman–Crippen MR) is 60.0 cm³/mol. The zero-order valence-electron chi connectivity index (χ0n) is 8.73.